The molecule has 16 heavy (non-hydrogen) atoms. The average molecular weight is 217 g/mol. The van der Waals surface area contributed by atoms with Crippen molar-refractivity contribution in [1.29, 1.82) is 0 Å². The Kier molecular flexibility index (Phi) is 2.22. The number of aryl methyl sites for hydroxylation is 1. The fourth-order valence-corrected chi connectivity index (χ4v) is 2.21. The van der Waals surface area contributed by atoms with Crippen LogP contribution in [0.4, 0.5) is 5.82 Å². The largest absolute Gasteiger partial charge is 0.467 e. The third-order valence-electron chi connectivity index (χ3n) is 3.05. The Morgan fingerprint density at radius 2 is 2.38 bits per heavy atom. The number of nitrogens with zero attached hydrogens (tertiary/aromatic N) is 1. The van der Waals surface area contributed by atoms with Gasteiger partial charge in [-0.2, -0.15) is 0 Å². The Morgan fingerprint density at radius 3 is 3.19 bits per heavy atom. The van der Waals surface area contributed by atoms with Crippen molar-refractivity contribution in [2.24, 2.45) is 5.73 Å². The molecule has 0 amide bonds. The van der Waals surface area contributed by atoms with Gasteiger partial charge in [-0.25, -0.2) is 0 Å². The lowest BCUT2D eigenvalue weighted by Crippen LogP contribution is -2.19. The molecule has 0 spiro atoms. The van der Waals surface area contributed by atoms with Gasteiger partial charge in [-0.15, -0.1) is 0 Å². The number of anilines is 1. The molecule has 0 aliphatic carbocycles. The maximum atomic E-state index is 6.18. The van der Waals surface area contributed by atoms with Gasteiger partial charge in [0.15, 0.2) is 0 Å². The maximum absolute atomic E-state index is 6.18. The second-order valence-electron chi connectivity index (χ2n) is 4.09. The number of rotatable bonds is 2. The third-order valence-corrected chi connectivity index (χ3v) is 3.05. The Labute approximate surface area is 94.0 Å². The van der Waals surface area contributed by atoms with Crippen LogP contribution in [0.1, 0.15) is 23.8 Å². The van der Waals surface area contributed by atoms with Crippen molar-refractivity contribution in [3.63, 3.8) is 0 Å². The van der Waals surface area contributed by atoms with E-state index >= 15 is 0 Å². The topological polar surface area (TPSA) is 56.1 Å². The van der Waals surface area contributed by atoms with Crippen LogP contribution in [0.15, 0.2) is 35.1 Å². The molecule has 1 aliphatic heterocycles. The molecule has 0 aromatic carbocycles. The van der Waals surface area contributed by atoms with Gasteiger partial charge in [0.1, 0.15) is 11.6 Å². The summed E-state index contributed by atoms with van der Waals surface area (Å²) in [6.07, 6.45) is 4.90. The number of hydrogen-bond donors (Lipinski definition) is 2. The maximum Gasteiger partial charge on any atom is 0.125 e. The molecule has 1 unspecified atom stereocenters. The molecule has 84 valence electrons. The molecule has 4 heteroatoms. The summed E-state index contributed by atoms with van der Waals surface area (Å²) in [4.78, 5) is 0. The van der Waals surface area contributed by atoms with Crippen LogP contribution in [0.3, 0.4) is 0 Å². The van der Waals surface area contributed by atoms with E-state index in [1.54, 1.807) is 6.26 Å². The van der Waals surface area contributed by atoms with Gasteiger partial charge in [0.2, 0.25) is 0 Å². The second-order valence-corrected chi connectivity index (χ2v) is 4.09. The van der Waals surface area contributed by atoms with E-state index in [4.69, 9.17) is 10.2 Å². The molecule has 3 N–H and O–H groups in total. The molecule has 0 saturated carbocycles. The minimum atomic E-state index is -0.183. The first kappa shape index (κ1) is 9.54. The zero-order valence-electron chi connectivity index (χ0n) is 9.02. The summed E-state index contributed by atoms with van der Waals surface area (Å²) >= 11 is 0. The van der Waals surface area contributed by atoms with Crippen LogP contribution in [-0.2, 0) is 6.54 Å². The van der Waals surface area contributed by atoms with E-state index in [0.717, 1.165) is 36.7 Å². The Bertz CT molecular complexity index is 472. The van der Waals surface area contributed by atoms with E-state index in [1.165, 1.54) is 0 Å². The Balaban J connectivity index is 1.97. The molecule has 0 bridgehead atoms. The van der Waals surface area contributed by atoms with Crippen molar-refractivity contribution in [1.82, 2.24) is 4.57 Å². The smallest absolute Gasteiger partial charge is 0.125 e. The fraction of sp³-hybridized carbons (Fsp3) is 0.333. The van der Waals surface area contributed by atoms with Crippen LogP contribution >= 0.6 is 0 Å². The minimum Gasteiger partial charge on any atom is -0.467 e. The van der Waals surface area contributed by atoms with Crippen molar-refractivity contribution in [3.8, 4) is 0 Å². The number of nitrogens with one attached hydrogen (secondary N) is 1. The van der Waals surface area contributed by atoms with Crippen LogP contribution < -0.4 is 11.1 Å². The molecule has 0 saturated heterocycles. The fourth-order valence-electron chi connectivity index (χ4n) is 2.21. The third kappa shape index (κ3) is 1.42. The highest BCUT2D eigenvalue weighted by Gasteiger charge is 2.20. The molecule has 0 fully saturated rings. The molecule has 2 aromatic rings. The number of hydrogen-bond acceptors (Lipinski definition) is 3. The molecular weight excluding hydrogens is 202 g/mol. The molecule has 4 nitrogen and oxygen atoms in total. The number of fused-ring (bicyclic) bond motifs is 1. The molecule has 3 rings (SSSR count). The lowest BCUT2D eigenvalue weighted by atomic mass is 10.1. The van der Waals surface area contributed by atoms with Gasteiger partial charge in [-0.3, -0.25) is 0 Å². The zero-order valence-corrected chi connectivity index (χ0v) is 9.02. The van der Waals surface area contributed by atoms with Gasteiger partial charge < -0.3 is 20.0 Å². The Hall–Kier alpha value is -1.68. The number of aromatic nitrogens is 1. The lowest BCUT2D eigenvalue weighted by Gasteiger charge is -2.20. The van der Waals surface area contributed by atoms with Crippen LogP contribution in [0.25, 0.3) is 0 Å². The first-order valence-electron chi connectivity index (χ1n) is 5.58. The van der Waals surface area contributed by atoms with E-state index in [0.29, 0.717) is 0 Å². The quantitative estimate of drug-likeness (QED) is 0.808. The van der Waals surface area contributed by atoms with Crippen LogP contribution in [0, 0.1) is 0 Å². The van der Waals surface area contributed by atoms with E-state index in [2.05, 4.69) is 22.1 Å². The van der Waals surface area contributed by atoms with Crippen LogP contribution in [-0.4, -0.2) is 11.1 Å². The van der Waals surface area contributed by atoms with Crippen LogP contribution in [0.5, 0.6) is 0 Å². The summed E-state index contributed by atoms with van der Waals surface area (Å²) in [5, 5.41) is 3.40. The van der Waals surface area contributed by atoms with Gasteiger partial charge in [-0.1, -0.05) is 0 Å². The predicted octanol–water partition coefficient (Wildman–Crippen LogP) is 1.94. The van der Waals surface area contributed by atoms with Gasteiger partial charge in [0.05, 0.1) is 12.3 Å². The molecule has 3 heterocycles. The first-order chi connectivity index (χ1) is 7.86. The zero-order chi connectivity index (χ0) is 11.0. The van der Waals surface area contributed by atoms with Gasteiger partial charge in [0, 0.05) is 24.8 Å². The van der Waals surface area contributed by atoms with Gasteiger partial charge in [0.25, 0.3) is 0 Å². The second kappa shape index (κ2) is 3.72. The summed E-state index contributed by atoms with van der Waals surface area (Å²) in [7, 11) is 0. The number of furan rings is 1. The highest BCUT2D eigenvalue weighted by molar-refractivity contribution is 5.51. The predicted molar refractivity (Wildman–Crippen MR) is 62.3 cm³/mol. The molecule has 1 aliphatic rings. The summed E-state index contributed by atoms with van der Waals surface area (Å²) < 4.78 is 7.56. The lowest BCUT2D eigenvalue weighted by molar-refractivity contribution is 0.489. The minimum absolute atomic E-state index is 0.183. The molecular formula is C12H15N3O. The molecule has 2 aromatic heterocycles. The highest BCUT2D eigenvalue weighted by atomic mass is 16.3. The normalized spacial score (nSPS) is 16.6. The SMILES string of the molecule is NC(c1ccco1)c1ccn2c1NCCC2. The van der Waals surface area contributed by atoms with Crippen molar-refractivity contribution in [2.75, 3.05) is 11.9 Å². The monoisotopic (exact) mass is 217 g/mol. The first-order valence-corrected chi connectivity index (χ1v) is 5.58. The van der Waals surface area contributed by atoms with E-state index in [9.17, 15) is 0 Å². The summed E-state index contributed by atoms with van der Waals surface area (Å²) in [6.45, 7) is 2.08. The molecule has 0 radical (unpaired) electrons. The highest BCUT2D eigenvalue weighted by Crippen LogP contribution is 2.29. The Morgan fingerprint density at radius 1 is 1.44 bits per heavy atom. The van der Waals surface area contributed by atoms with Gasteiger partial charge >= 0.3 is 0 Å². The molecule has 1 atom stereocenters. The summed E-state index contributed by atoms with van der Waals surface area (Å²) in [6, 6.07) is 5.67. The van der Waals surface area contributed by atoms with E-state index in [1.807, 2.05) is 12.1 Å². The standard InChI is InChI=1S/C12H15N3O/c13-11(10-3-1-8-16-10)9-4-7-15-6-2-5-14-12(9)15/h1,3-4,7-8,11,14H,2,5-6,13H2. The summed E-state index contributed by atoms with van der Waals surface area (Å²) in [5.74, 6) is 1.94. The average Bonchev–Trinajstić information content (AvgIpc) is 2.98. The van der Waals surface area contributed by atoms with Crippen molar-refractivity contribution < 1.29 is 4.42 Å². The van der Waals surface area contributed by atoms with Crippen molar-refractivity contribution in [3.05, 3.63) is 42.0 Å². The summed E-state index contributed by atoms with van der Waals surface area (Å²) in [5.41, 5.74) is 7.29. The number of nitrogens with two attached hydrogens (primary N) is 1. The van der Waals surface area contributed by atoms with Gasteiger partial charge in [-0.05, 0) is 24.6 Å². The van der Waals surface area contributed by atoms with Crippen molar-refractivity contribution >= 4 is 5.82 Å². The van der Waals surface area contributed by atoms with Crippen LogP contribution in [0.2, 0.25) is 0 Å². The van der Waals surface area contributed by atoms with E-state index in [-0.39, 0.29) is 6.04 Å². The van der Waals surface area contributed by atoms with E-state index < -0.39 is 0 Å². The van der Waals surface area contributed by atoms with Crippen molar-refractivity contribution in [2.45, 2.75) is 19.0 Å².